The van der Waals surface area contributed by atoms with Crippen LogP contribution in [0.5, 0.6) is 0 Å². The molecule has 3 N–H and O–H groups in total. The summed E-state index contributed by atoms with van der Waals surface area (Å²) in [4.78, 5) is 12.1. The standard InChI is InChI=1S/C16H22Cl3N3OS/c1-10-7-5-6-8-11(10)20-14(24)22-13(16(17,18)19)21-12(23)9-15(2,3)4/h5-8,13H,9H2,1-4H3,(H,21,23)(H2,20,22,24). The van der Waals surface area contributed by atoms with E-state index in [-0.39, 0.29) is 16.4 Å². The number of hydrogen-bond acceptors (Lipinski definition) is 2. The molecule has 0 spiro atoms. The summed E-state index contributed by atoms with van der Waals surface area (Å²) >= 11 is 23.1. The van der Waals surface area contributed by atoms with Gasteiger partial charge in [-0.15, -0.1) is 0 Å². The Morgan fingerprint density at radius 2 is 1.75 bits per heavy atom. The van der Waals surface area contributed by atoms with Crippen molar-refractivity contribution in [3.05, 3.63) is 29.8 Å². The van der Waals surface area contributed by atoms with E-state index in [1.165, 1.54) is 0 Å². The van der Waals surface area contributed by atoms with Crippen LogP contribution in [0.25, 0.3) is 0 Å². The van der Waals surface area contributed by atoms with Gasteiger partial charge in [-0.3, -0.25) is 4.79 Å². The average Bonchev–Trinajstić information content (AvgIpc) is 2.37. The summed E-state index contributed by atoms with van der Waals surface area (Å²) in [5, 5.41) is 8.79. The van der Waals surface area contributed by atoms with Crippen molar-refractivity contribution in [3.63, 3.8) is 0 Å². The third kappa shape index (κ3) is 7.88. The predicted molar refractivity (Wildman–Crippen MR) is 107 cm³/mol. The zero-order valence-corrected chi connectivity index (χ0v) is 17.1. The van der Waals surface area contributed by atoms with E-state index in [0.717, 1.165) is 11.3 Å². The van der Waals surface area contributed by atoms with Crippen LogP contribution in [0.3, 0.4) is 0 Å². The van der Waals surface area contributed by atoms with Crippen molar-refractivity contribution in [1.82, 2.24) is 10.6 Å². The van der Waals surface area contributed by atoms with Crippen LogP contribution in [0, 0.1) is 12.3 Å². The van der Waals surface area contributed by atoms with E-state index < -0.39 is 9.96 Å². The third-order valence-electron chi connectivity index (χ3n) is 2.99. The molecule has 4 nitrogen and oxygen atoms in total. The van der Waals surface area contributed by atoms with Gasteiger partial charge in [-0.25, -0.2) is 0 Å². The maximum Gasteiger partial charge on any atom is 0.228 e. The first-order chi connectivity index (χ1) is 10.9. The number of halogens is 3. The molecular formula is C16H22Cl3N3OS. The maximum atomic E-state index is 12.1. The molecular weight excluding hydrogens is 389 g/mol. The van der Waals surface area contributed by atoms with Crippen molar-refractivity contribution >= 4 is 63.7 Å². The van der Waals surface area contributed by atoms with Crippen LogP contribution in [0.1, 0.15) is 32.8 Å². The third-order valence-corrected chi connectivity index (χ3v) is 3.87. The molecule has 0 heterocycles. The van der Waals surface area contributed by atoms with E-state index in [1.807, 2.05) is 52.0 Å². The first-order valence-electron chi connectivity index (χ1n) is 7.38. The fraction of sp³-hybridized carbons (Fsp3) is 0.500. The number of hydrogen-bond donors (Lipinski definition) is 3. The first kappa shape index (κ1) is 21.3. The SMILES string of the molecule is Cc1ccccc1NC(=S)NC(NC(=O)CC(C)(C)C)C(Cl)(Cl)Cl. The van der Waals surface area contributed by atoms with Gasteiger partial charge in [-0.2, -0.15) is 0 Å². The number of carbonyl (C=O) groups excluding carboxylic acids is 1. The smallest absolute Gasteiger partial charge is 0.228 e. The molecule has 0 saturated heterocycles. The van der Waals surface area contributed by atoms with Crippen LogP contribution in [0.15, 0.2) is 24.3 Å². The molecule has 1 aromatic carbocycles. The fourth-order valence-corrected chi connectivity index (χ4v) is 2.45. The Morgan fingerprint density at radius 3 is 2.25 bits per heavy atom. The zero-order chi connectivity index (χ0) is 18.5. The summed E-state index contributed by atoms with van der Waals surface area (Å²) in [5.41, 5.74) is 1.67. The number of thiocarbonyl (C=S) groups is 1. The number of amides is 1. The van der Waals surface area contributed by atoms with Crippen LogP contribution in [0.2, 0.25) is 0 Å². The number of para-hydroxylation sites is 1. The molecule has 24 heavy (non-hydrogen) atoms. The Morgan fingerprint density at radius 1 is 1.17 bits per heavy atom. The van der Waals surface area contributed by atoms with E-state index in [1.54, 1.807) is 0 Å². The second-order valence-electron chi connectivity index (χ2n) is 6.69. The van der Waals surface area contributed by atoms with Gasteiger partial charge in [0.1, 0.15) is 6.17 Å². The van der Waals surface area contributed by atoms with Crippen molar-refractivity contribution in [2.45, 2.75) is 44.1 Å². The maximum absolute atomic E-state index is 12.1. The molecule has 0 aromatic heterocycles. The zero-order valence-electron chi connectivity index (χ0n) is 14.0. The number of aryl methyl sites for hydroxylation is 1. The van der Waals surface area contributed by atoms with Crippen LogP contribution in [0.4, 0.5) is 5.69 Å². The second kappa shape index (κ2) is 8.56. The molecule has 0 fully saturated rings. The number of rotatable bonds is 4. The highest BCUT2D eigenvalue weighted by Crippen LogP contribution is 2.29. The lowest BCUT2D eigenvalue weighted by Gasteiger charge is -2.29. The topological polar surface area (TPSA) is 53.2 Å². The van der Waals surface area contributed by atoms with Crippen molar-refractivity contribution in [1.29, 1.82) is 0 Å². The lowest BCUT2D eigenvalue weighted by atomic mass is 9.92. The number of alkyl halides is 3. The molecule has 1 aromatic rings. The molecule has 0 aliphatic heterocycles. The predicted octanol–water partition coefficient (Wildman–Crippen LogP) is 4.53. The Hall–Kier alpha value is -0.750. The summed E-state index contributed by atoms with van der Waals surface area (Å²) in [5.74, 6) is -0.231. The number of benzene rings is 1. The molecule has 1 rings (SSSR count). The molecule has 1 amide bonds. The summed E-state index contributed by atoms with van der Waals surface area (Å²) in [6.45, 7) is 7.81. The van der Waals surface area contributed by atoms with E-state index in [2.05, 4.69) is 16.0 Å². The highest BCUT2D eigenvalue weighted by molar-refractivity contribution is 7.80. The monoisotopic (exact) mass is 409 g/mol. The lowest BCUT2D eigenvalue weighted by molar-refractivity contribution is -0.123. The van der Waals surface area contributed by atoms with Gasteiger partial charge in [-0.1, -0.05) is 73.8 Å². The highest BCUT2D eigenvalue weighted by Gasteiger charge is 2.35. The molecule has 0 aliphatic rings. The van der Waals surface area contributed by atoms with E-state index >= 15 is 0 Å². The normalized spacial score (nSPS) is 13.1. The molecule has 0 bridgehead atoms. The number of nitrogens with one attached hydrogen (secondary N) is 3. The summed E-state index contributed by atoms with van der Waals surface area (Å²) < 4.78 is -1.76. The summed E-state index contributed by atoms with van der Waals surface area (Å²) in [6, 6.07) is 7.64. The van der Waals surface area contributed by atoms with Crippen LogP contribution in [-0.4, -0.2) is 21.0 Å². The minimum absolute atomic E-state index is 0.178. The van der Waals surface area contributed by atoms with Gasteiger partial charge in [0.05, 0.1) is 0 Å². The van der Waals surface area contributed by atoms with Gasteiger partial charge in [-0.05, 0) is 36.2 Å². The minimum Gasteiger partial charge on any atom is -0.339 e. The van der Waals surface area contributed by atoms with E-state index in [4.69, 9.17) is 47.0 Å². The van der Waals surface area contributed by atoms with E-state index in [0.29, 0.717) is 6.42 Å². The number of carbonyl (C=O) groups is 1. The number of anilines is 1. The Bertz CT molecular complexity index is 597. The van der Waals surface area contributed by atoms with Crippen LogP contribution < -0.4 is 16.0 Å². The van der Waals surface area contributed by atoms with Crippen molar-refractivity contribution < 1.29 is 4.79 Å². The fourth-order valence-electron chi connectivity index (χ4n) is 1.90. The quantitative estimate of drug-likeness (QED) is 0.388. The van der Waals surface area contributed by atoms with Gasteiger partial charge >= 0.3 is 0 Å². The Balaban J connectivity index is 2.74. The van der Waals surface area contributed by atoms with Gasteiger partial charge in [0.2, 0.25) is 9.70 Å². The average molecular weight is 411 g/mol. The minimum atomic E-state index is -1.76. The Labute approximate surface area is 163 Å². The molecule has 1 atom stereocenters. The van der Waals surface area contributed by atoms with E-state index in [9.17, 15) is 4.79 Å². The second-order valence-corrected chi connectivity index (χ2v) is 9.47. The van der Waals surface area contributed by atoms with Gasteiger partial charge in [0.25, 0.3) is 0 Å². The van der Waals surface area contributed by atoms with Crippen molar-refractivity contribution in [2.75, 3.05) is 5.32 Å². The molecule has 0 aliphatic carbocycles. The first-order valence-corrected chi connectivity index (χ1v) is 8.92. The molecule has 8 heteroatoms. The molecule has 0 saturated carbocycles. The summed E-state index contributed by atoms with van der Waals surface area (Å²) in [7, 11) is 0. The largest absolute Gasteiger partial charge is 0.339 e. The lowest BCUT2D eigenvalue weighted by Crippen LogP contribution is -2.56. The summed E-state index contributed by atoms with van der Waals surface area (Å²) in [6.07, 6.45) is -0.662. The van der Waals surface area contributed by atoms with Crippen LogP contribution >= 0.6 is 47.0 Å². The molecule has 1 unspecified atom stereocenters. The molecule has 134 valence electrons. The van der Waals surface area contributed by atoms with Gasteiger partial charge in [0, 0.05) is 12.1 Å². The van der Waals surface area contributed by atoms with Crippen LogP contribution in [-0.2, 0) is 4.79 Å². The van der Waals surface area contributed by atoms with Gasteiger partial charge in [0.15, 0.2) is 5.11 Å². The van der Waals surface area contributed by atoms with Crippen molar-refractivity contribution in [3.8, 4) is 0 Å². The Kier molecular flexibility index (Phi) is 7.60. The van der Waals surface area contributed by atoms with Crippen molar-refractivity contribution in [2.24, 2.45) is 5.41 Å². The molecule has 0 radical (unpaired) electrons. The van der Waals surface area contributed by atoms with Gasteiger partial charge < -0.3 is 16.0 Å². The highest BCUT2D eigenvalue weighted by atomic mass is 35.6.